The molecule has 1 aromatic heterocycles. The first-order valence-corrected chi connectivity index (χ1v) is 4.58. The number of non-ortho nitro benzene ring substituents is 1. The maximum absolute atomic E-state index is 10.6. The summed E-state index contributed by atoms with van der Waals surface area (Å²) >= 11 is 0. The van der Waals surface area contributed by atoms with E-state index < -0.39 is 4.92 Å². The third kappa shape index (κ3) is 1.72. The Morgan fingerprint density at radius 3 is 2.75 bits per heavy atom. The molecule has 0 amide bonds. The van der Waals surface area contributed by atoms with E-state index in [2.05, 4.69) is 5.10 Å². The van der Waals surface area contributed by atoms with Crippen LogP contribution in [0.25, 0.3) is 5.69 Å². The van der Waals surface area contributed by atoms with Crippen molar-refractivity contribution in [2.45, 2.75) is 6.92 Å². The van der Waals surface area contributed by atoms with Gasteiger partial charge >= 0.3 is 0 Å². The van der Waals surface area contributed by atoms with Gasteiger partial charge in [0.2, 0.25) is 5.88 Å². The fraction of sp³-hybridized carbons (Fsp3) is 0.100. The summed E-state index contributed by atoms with van der Waals surface area (Å²) in [6.07, 6.45) is 0. The first-order chi connectivity index (χ1) is 7.58. The van der Waals surface area contributed by atoms with E-state index in [9.17, 15) is 15.2 Å². The second-order valence-electron chi connectivity index (χ2n) is 3.33. The van der Waals surface area contributed by atoms with Crippen LogP contribution in [-0.4, -0.2) is 19.8 Å². The molecular weight excluding hydrogens is 210 g/mol. The Kier molecular flexibility index (Phi) is 2.32. The molecule has 0 radical (unpaired) electrons. The van der Waals surface area contributed by atoms with Gasteiger partial charge in [0.25, 0.3) is 5.69 Å². The highest BCUT2D eigenvalue weighted by atomic mass is 16.6. The van der Waals surface area contributed by atoms with Gasteiger partial charge in [-0.3, -0.25) is 10.1 Å². The van der Waals surface area contributed by atoms with Crippen molar-refractivity contribution in [1.29, 1.82) is 0 Å². The summed E-state index contributed by atoms with van der Waals surface area (Å²) in [5.41, 5.74) is 1.06. The fourth-order valence-corrected chi connectivity index (χ4v) is 1.41. The van der Waals surface area contributed by atoms with E-state index in [-0.39, 0.29) is 11.6 Å². The summed E-state index contributed by atoms with van der Waals surface area (Å²) in [7, 11) is 0. The summed E-state index contributed by atoms with van der Waals surface area (Å²) < 4.78 is 1.25. The molecule has 0 aliphatic carbocycles. The zero-order chi connectivity index (χ0) is 11.7. The lowest BCUT2D eigenvalue weighted by Gasteiger charge is -2.02. The van der Waals surface area contributed by atoms with Crippen LogP contribution >= 0.6 is 0 Å². The number of nitro benzene ring substituents is 1. The summed E-state index contributed by atoms with van der Waals surface area (Å²) in [5.74, 6) is -0.0435. The lowest BCUT2D eigenvalue weighted by Crippen LogP contribution is -1.97. The van der Waals surface area contributed by atoms with Crippen LogP contribution in [0, 0.1) is 17.0 Å². The molecular formula is C10H9N3O3. The molecule has 0 spiro atoms. The van der Waals surface area contributed by atoms with Gasteiger partial charge in [-0.2, -0.15) is 5.10 Å². The van der Waals surface area contributed by atoms with Gasteiger partial charge in [-0.05, 0) is 13.0 Å². The number of aromatic hydroxyl groups is 1. The molecule has 2 rings (SSSR count). The molecule has 0 fully saturated rings. The van der Waals surface area contributed by atoms with Gasteiger partial charge in [-0.25, -0.2) is 4.68 Å². The van der Waals surface area contributed by atoms with Gasteiger partial charge < -0.3 is 5.11 Å². The number of rotatable bonds is 2. The van der Waals surface area contributed by atoms with E-state index in [0.717, 1.165) is 0 Å². The lowest BCUT2D eigenvalue weighted by atomic mass is 10.3. The molecule has 0 saturated heterocycles. The van der Waals surface area contributed by atoms with Gasteiger partial charge in [0.1, 0.15) is 0 Å². The van der Waals surface area contributed by atoms with E-state index in [4.69, 9.17) is 0 Å². The van der Waals surface area contributed by atoms with Crippen molar-refractivity contribution in [2.24, 2.45) is 0 Å². The maximum Gasteiger partial charge on any atom is 0.271 e. The predicted octanol–water partition coefficient (Wildman–Crippen LogP) is 1.79. The second kappa shape index (κ2) is 3.65. The molecule has 0 unspecified atom stereocenters. The van der Waals surface area contributed by atoms with Crippen molar-refractivity contribution >= 4 is 5.69 Å². The van der Waals surface area contributed by atoms with Crippen molar-refractivity contribution in [1.82, 2.24) is 9.78 Å². The number of benzene rings is 1. The average Bonchev–Trinajstić information content (AvgIpc) is 2.58. The predicted molar refractivity (Wildman–Crippen MR) is 56.6 cm³/mol. The zero-order valence-corrected chi connectivity index (χ0v) is 8.49. The smallest absolute Gasteiger partial charge is 0.271 e. The average molecular weight is 219 g/mol. The number of aryl methyl sites for hydroxylation is 1. The molecule has 16 heavy (non-hydrogen) atoms. The number of hydrogen-bond donors (Lipinski definition) is 1. The molecule has 1 N–H and O–H groups in total. The van der Waals surface area contributed by atoms with E-state index >= 15 is 0 Å². The fourth-order valence-electron chi connectivity index (χ4n) is 1.41. The molecule has 0 atom stereocenters. The third-order valence-corrected chi connectivity index (χ3v) is 2.10. The Labute approximate surface area is 90.9 Å². The van der Waals surface area contributed by atoms with E-state index in [1.165, 1.54) is 22.9 Å². The zero-order valence-electron chi connectivity index (χ0n) is 8.49. The van der Waals surface area contributed by atoms with Crippen LogP contribution in [0.4, 0.5) is 5.69 Å². The molecule has 1 aromatic carbocycles. The molecule has 1 heterocycles. The van der Waals surface area contributed by atoms with Gasteiger partial charge in [-0.15, -0.1) is 0 Å². The number of hydrogen-bond acceptors (Lipinski definition) is 4. The summed E-state index contributed by atoms with van der Waals surface area (Å²) in [6.45, 7) is 1.73. The quantitative estimate of drug-likeness (QED) is 0.616. The highest BCUT2D eigenvalue weighted by molar-refractivity contribution is 5.44. The molecule has 6 nitrogen and oxygen atoms in total. The van der Waals surface area contributed by atoms with Crippen LogP contribution in [0.3, 0.4) is 0 Å². The van der Waals surface area contributed by atoms with E-state index in [1.54, 1.807) is 19.1 Å². The first-order valence-electron chi connectivity index (χ1n) is 4.58. The van der Waals surface area contributed by atoms with Crippen LogP contribution in [0.15, 0.2) is 30.3 Å². The highest BCUT2D eigenvalue weighted by Gasteiger charge is 2.10. The highest BCUT2D eigenvalue weighted by Crippen LogP contribution is 2.21. The van der Waals surface area contributed by atoms with E-state index in [0.29, 0.717) is 11.4 Å². The van der Waals surface area contributed by atoms with Crippen molar-refractivity contribution in [2.75, 3.05) is 0 Å². The Morgan fingerprint density at radius 2 is 2.19 bits per heavy atom. The first kappa shape index (κ1) is 10.2. The number of nitro groups is 1. The second-order valence-corrected chi connectivity index (χ2v) is 3.33. The van der Waals surface area contributed by atoms with Gasteiger partial charge in [0.15, 0.2) is 0 Å². The Morgan fingerprint density at radius 1 is 1.44 bits per heavy atom. The molecule has 6 heteroatoms. The molecule has 0 saturated carbocycles. The maximum atomic E-state index is 10.6. The van der Waals surface area contributed by atoms with Crippen LogP contribution in [0.1, 0.15) is 5.69 Å². The largest absolute Gasteiger partial charge is 0.493 e. The Balaban J connectivity index is 2.52. The normalized spacial score (nSPS) is 10.3. The monoisotopic (exact) mass is 219 g/mol. The minimum atomic E-state index is -0.489. The summed E-state index contributed by atoms with van der Waals surface area (Å²) in [4.78, 5) is 10.1. The topological polar surface area (TPSA) is 81.2 Å². The molecule has 0 aliphatic rings. The minimum absolute atomic E-state index is 0.0370. The Bertz CT molecular complexity index is 548. The Hall–Kier alpha value is -2.37. The molecule has 0 aliphatic heterocycles. The van der Waals surface area contributed by atoms with Gasteiger partial charge in [-0.1, -0.05) is 6.07 Å². The number of nitrogens with zero attached hydrogens (tertiary/aromatic N) is 3. The van der Waals surface area contributed by atoms with Crippen molar-refractivity contribution in [3.63, 3.8) is 0 Å². The third-order valence-electron chi connectivity index (χ3n) is 2.10. The van der Waals surface area contributed by atoms with Gasteiger partial charge in [0.05, 0.1) is 16.3 Å². The molecule has 82 valence electrons. The van der Waals surface area contributed by atoms with Crippen molar-refractivity contribution in [3.8, 4) is 11.6 Å². The molecule has 0 bridgehead atoms. The van der Waals surface area contributed by atoms with Crippen LogP contribution in [-0.2, 0) is 0 Å². The lowest BCUT2D eigenvalue weighted by molar-refractivity contribution is -0.384. The summed E-state index contributed by atoms with van der Waals surface area (Å²) in [6, 6.07) is 7.41. The van der Waals surface area contributed by atoms with Crippen LogP contribution in [0.5, 0.6) is 5.88 Å². The van der Waals surface area contributed by atoms with E-state index in [1.807, 2.05) is 0 Å². The molecule has 2 aromatic rings. The van der Waals surface area contributed by atoms with Crippen molar-refractivity contribution in [3.05, 3.63) is 46.1 Å². The van der Waals surface area contributed by atoms with Crippen LogP contribution < -0.4 is 0 Å². The van der Waals surface area contributed by atoms with Gasteiger partial charge in [0, 0.05) is 18.2 Å². The SMILES string of the molecule is Cc1cc(O)n(-c2cccc([N+](=O)[O-])c2)n1. The summed E-state index contributed by atoms with van der Waals surface area (Å²) in [5, 5.41) is 24.2. The minimum Gasteiger partial charge on any atom is -0.493 e. The standard InChI is InChI=1S/C10H9N3O3/c1-7-5-10(14)12(11-7)8-3-2-4-9(6-8)13(15)16/h2-6,14H,1H3. The number of aromatic nitrogens is 2. The van der Waals surface area contributed by atoms with Crippen molar-refractivity contribution < 1.29 is 10.0 Å². The van der Waals surface area contributed by atoms with Crippen LogP contribution in [0.2, 0.25) is 0 Å².